The van der Waals surface area contributed by atoms with Gasteiger partial charge in [-0.1, -0.05) is 24.3 Å². The number of hydrogen-bond donors (Lipinski definition) is 2. The quantitative estimate of drug-likeness (QED) is 0.539. The van der Waals surface area contributed by atoms with Crippen LogP contribution in [0.1, 0.15) is 15.9 Å². The average Bonchev–Trinajstić information content (AvgIpc) is 2.19. The van der Waals surface area contributed by atoms with Crippen molar-refractivity contribution in [1.29, 1.82) is 0 Å². The minimum Gasteiger partial charge on any atom is -0.366 e. The van der Waals surface area contributed by atoms with E-state index in [1.54, 1.807) is 18.2 Å². The van der Waals surface area contributed by atoms with Gasteiger partial charge in [0.1, 0.15) is 0 Å². The second-order valence-electron chi connectivity index (χ2n) is 2.94. The van der Waals surface area contributed by atoms with Crippen LogP contribution in [0, 0.1) is 0 Å². The number of amides is 1. The molecule has 0 aliphatic carbocycles. The van der Waals surface area contributed by atoms with Crippen molar-refractivity contribution in [3.63, 3.8) is 0 Å². The van der Waals surface area contributed by atoms with Gasteiger partial charge in [-0.2, -0.15) is 0 Å². The molecule has 0 saturated carbocycles. The Bertz CT molecular complexity index is 334. The number of benzene rings is 1. The van der Waals surface area contributed by atoms with Crippen molar-refractivity contribution in [1.82, 2.24) is 5.32 Å². The SMILES string of the molecule is C=CCNCc1ccccc1C(N)=O. The first-order valence-corrected chi connectivity index (χ1v) is 4.45. The van der Waals surface area contributed by atoms with Crippen molar-refractivity contribution in [2.75, 3.05) is 6.54 Å². The molecule has 0 fully saturated rings. The van der Waals surface area contributed by atoms with Crippen molar-refractivity contribution in [3.05, 3.63) is 48.0 Å². The molecule has 0 saturated heterocycles. The Balaban J connectivity index is 2.74. The lowest BCUT2D eigenvalue weighted by molar-refractivity contribution is 0.0999. The monoisotopic (exact) mass is 190 g/mol. The number of carbonyl (C=O) groups excluding carboxylic acids is 1. The second kappa shape index (κ2) is 5.19. The van der Waals surface area contributed by atoms with Gasteiger partial charge in [0.05, 0.1) is 0 Å². The highest BCUT2D eigenvalue weighted by atomic mass is 16.1. The molecule has 0 atom stereocenters. The van der Waals surface area contributed by atoms with E-state index in [-0.39, 0.29) is 5.91 Å². The fourth-order valence-electron chi connectivity index (χ4n) is 1.22. The van der Waals surface area contributed by atoms with Crippen LogP contribution in [-0.2, 0) is 6.54 Å². The Morgan fingerprint density at radius 3 is 2.86 bits per heavy atom. The van der Waals surface area contributed by atoms with Gasteiger partial charge in [0.15, 0.2) is 0 Å². The Morgan fingerprint density at radius 2 is 2.21 bits per heavy atom. The van der Waals surface area contributed by atoms with Crippen molar-refractivity contribution in [2.24, 2.45) is 5.73 Å². The standard InChI is InChI=1S/C11H14N2O/c1-2-7-13-8-9-5-3-4-6-10(9)11(12)14/h2-6,13H,1,7-8H2,(H2,12,14). The summed E-state index contributed by atoms with van der Waals surface area (Å²) in [6.07, 6.45) is 1.77. The zero-order chi connectivity index (χ0) is 10.4. The molecule has 1 aromatic rings. The number of primary amides is 1. The molecule has 3 nitrogen and oxygen atoms in total. The molecule has 1 amide bonds. The summed E-state index contributed by atoms with van der Waals surface area (Å²) in [5.74, 6) is -0.388. The van der Waals surface area contributed by atoms with Gasteiger partial charge >= 0.3 is 0 Å². The van der Waals surface area contributed by atoms with E-state index in [9.17, 15) is 4.79 Å². The molecular formula is C11H14N2O. The summed E-state index contributed by atoms with van der Waals surface area (Å²) in [7, 11) is 0. The summed E-state index contributed by atoms with van der Waals surface area (Å²) in [6.45, 7) is 4.94. The smallest absolute Gasteiger partial charge is 0.249 e. The lowest BCUT2D eigenvalue weighted by Gasteiger charge is -2.06. The Kier molecular flexibility index (Phi) is 3.88. The van der Waals surface area contributed by atoms with Gasteiger partial charge in [0, 0.05) is 18.7 Å². The molecule has 74 valence electrons. The zero-order valence-corrected chi connectivity index (χ0v) is 7.99. The lowest BCUT2D eigenvalue weighted by atomic mass is 10.1. The zero-order valence-electron chi connectivity index (χ0n) is 7.99. The Morgan fingerprint density at radius 1 is 1.50 bits per heavy atom. The van der Waals surface area contributed by atoms with Crippen LogP contribution >= 0.6 is 0 Å². The van der Waals surface area contributed by atoms with Crippen LogP contribution < -0.4 is 11.1 Å². The molecule has 1 aromatic carbocycles. The molecule has 14 heavy (non-hydrogen) atoms. The van der Waals surface area contributed by atoms with Crippen molar-refractivity contribution < 1.29 is 4.79 Å². The van der Waals surface area contributed by atoms with E-state index in [2.05, 4.69) is 11.9 Å². The summed E-state index contributed by atoms with van der Waals surface area (Å²) >= 11 is 0. The van der Waals surface area contributed by atoms with Crippen LogP contribution in [-0.4, -0.2) is 12.5 Å². The largest absolute Gasteiger partial charge is 0.366 e. The molecule has 0 spiro atoms. The highest BCUT2D eigenvalue weighted by Gasteiger charge is 2.05. The number of rotatable bonds is 5. The third kappa shape index (κ3) is 2.71. The van der Waals surface area contributed by atoms with E-state index in [0.717, 1.165) is 5.56 Å². The normalized spacial score (nSPS) is 9.71. The van der Waals surface area contributed by atoms with Crippen molar-refractivity contribution in [3.8, 4) is 0 Å². The van der Waals surface area contributed by atoms with E-state index in [0.29, 0.717) is 18.7 Å². The summed E-state index contributed by atoms with van der Waals surface area (Å²) in [5, 5.41) is 3.12. The maximum atomic E-state index is 11.0. The molecular weight excluding hydrogens is 176 g/mol. The topological polar surface area (TPSA) is 55.1 Å². The maximum absolute atomic E-state index is 11.0. The van der Waals surface area contributed by atoms with Gasteiger partial charge in [0.2, 0.25) is 5.91 Å². The minimum atomic E-state index is -0.388. The van der Waals surface area contributed by atoms with Crippen molar-refractivity contribution in [2.45, 2.75) is 6.54 Å². The van der Waals surface area contributed by atoms with Crippen LogP contribution in [0.2, 0.25) is 0 Å². The summed E-state index contributed by atoms with van der Waals surface area (Å²) in [5.41, 5.74) is 6.72. The summed E-state index contributed by atoms with van der Waals surface area (Å²) in [6, 6.07) is 7.30. The van der Waals surface area contributed by atoms with E-state index in [1.807, 2.05) is 12.1 Å². The van der Waals surface area contributed by atoms with Gasteiger partial charge < -0.3 is 11.1 Å². The van der Waals surface area contributed by atoms with E-state index in [4.69, 9.17) is 5.73 Å². The fourth-order valence-corrected chi connectivity index (χ4v) is 1.22. The number of carbonyl (C=O) groups is 1. The highest BCUT2D eigenvalue weighted by molar-refractivity contribution is 5.94. The third-order valence-electron chi connectivity index (χ3n) is 1.89. The molecule has 0 radical (unpaired) electrons. The Labute approximate surface area is 83.6 Å². The number of nitrogens with one attached hydrogen (secondary N) is 1. The minimum absolute atomic E-state index is 0.388. The molecule has 0 bridgehead atoms. The molecule has 3 heteroatoms. The van der Waals surface area contributed by atoms with Crippen LogP contribution in [0.5, 0.6) is 0 Å². The maximum Gasteiger partial charge on any atom is 0.249 e. The molecule has 1 rings (SSSR count). The van der Waals surface area contributed by atoms with Gasteiger partial charge in [-0.15, -0.1) is 6.58 Å². The predicted molar refractivity (Wildman–Crippen MR) is 56.9 cm³/mol. The van der Waals surface area contributed by atoms with E-state index < -0.39 is 0 Å². The van der Waals surface area contributed by atoms with Crippen molar-refractivity contribution >= 4 is 5.91 Å². The highest BCUT2D eigenvalue weighted by Crippen LogP contribution is 2.07. The van der Waals surface area contributed by atoms with Crippen LogP contribution in [0.25, 0.3) is 0 Å². The Hall–Kier alpha value is -1.61. The second-order valence-corrected chi connectivity index (χ2v) is 2.94. The fraction of sp³-hybridized carbons (Fsp3) is 0.182. The molecule has 0 aliphatic heterocycles. The van der Waals surface area contributed by atoms with Gasteiger partial charge in [-0.3, -0.25) is 4.79 Å². The summed E-state index contributed by atoms with van der Waals surface area (Å²) < 4.78 is 0. The van der Waals surface area contributed by atoms with E-state index >= 15 is 0 Å². The molecule has 0 aromatic heterocycles. The molecule has 0 unspecified atom stereocenters. The van der Waals surface area contributed by atoms with E-state index in [1.165, 1.54) is 0 Å². The van der Waals surface area contributed by atoms with Gasteiger partial charge in [0.25, 0.3) is 0 Å². The predicted octanol–water partition coefficient (Wildman–Crippen LogP) is 1.06. The third-order valence-corrected chi connectivity index (χ3v) is 1.89. The molecule has 3 N–H and O–H groups in total. The van der Waals surface area contributed by atoms with Gasteiger partial charge in [-0.05, 0) is 11.6 Å². The molecule has 0 aliphatic rings. The van der Waals surface area contributed by atoms with Crippen LogP contribution in [0.15, 0.2) is 36.9 Å². The van der Waals surface area contributed by atoms with Crippen LogP contribution in [0.3, 0.4) is 0 Å². The average molecular weight is 190 g/mol. The lowest BCUT2D eigenvalue weighted by Crippen LogP contribution is -2.18. The first kappa shape index (κ1) is 10.5. The van der Waals surface area contributed by atoms with Gasteiger partial charge in [-0.25, -0.2) is 0 Å². The first-order valence-electron chi connectivity index (χ1n) is 4.45. The van der Waals surface area contributed by atoms with Crippen LogP contribution in [0.4, 0.5) is 0 Å². The first-order chi connectivity index (χ1) is 6.75. The summed E-state index contributed by atoms with van der Waals surface area (Å²) in [4.78, 5) is 11.0. The molecule has 0 heterocycles. The number of nitrogens with two attached hydrogens (primary N) is 1. The number of hydrogen-bond acceptors (Lipinski definition) is 2.